The highest BCUT2D eigenvalue weighted by Crippen LogP contribution is 2.23. The average molecular weight is 337 g/mol. The molecule has 0 aliphatic carbocycles. The number of amides is 2. The van der Waals surface area contributed by atoms with Crippen LogP contribution in [0.5, 0.6) is 0 Å². The summed E-state index contributed by atoms with van der Waals surface area (Å²) in [5.74, 6) is 0.222. The maximum Gasteiger partial charge on any atom is 0.410 e. The monoisotopic (exact) mass is 337 g/mol. The highest BCUT2D eigenvalue weighted by molar-refractivity contribution is 5.82. The highest BCUT2D eigenvalue weighted by Gasteiger charge is 2.38. The second-order valence-corrected chi connectivity index (χ2v) is 7.22. The minimum absolute atomic E-state index is 0.108. The summed E-state index contributed by atoms with van der Waals surface area (Å²) in [7, 11) is 0. The van der Waals surface area contributed by atoms with Crippen LogP contribution in [0, 0.1) is 0 Å². The fraction of sp³-hybridized carbons (Fsp3) is 0.733. The van der Waals surface area contributed by atoms with E-state index in [-0.39, 0.29) is 19.0 Å². The third-order valence-corrected chi connectivity index (χ3v) is 4.17. The molecule has 0 unspecified atom stereocenters. The van der Waals surface area contributed by atoms with E-state index in [2.05, 4.69) is 10.2 Å². The van der Waals surface area contributed by atoms with E-state index in [0.717, 1.165) is 12.8 Å². The van der Waals surface area contributed by atoms with Gasteiger partial charge in [0, 0.05) is 13.1 Å². The van der Waals surface area contributed by atoms with E-state index in [9.17, 15) is 14.4 Å². The number of nitrogens with one attached hydrogen (secondary N) is 1. The lowest BCUT2D eigenvalue weighted by atomic mass is 10.1. The third kappa shape index (κ3) is 3.15. The van der Waals surface area contributed by atoms with Crippen molar-refractivity contribution in [3.05, 3.63) is 16.3 Å². The lowest BCUT2D eigenvalue weighted by molar-refractivity contribution is -0.135. The Morgan fingerprint density at radius 3 is 2.50 bits per heavy atom. The average Bonchev–Trinajstić information content (AvgIpc) is 3.14. The van der Waals surface area contributed by atoms with Gasteiger partial charge in [0.2, 0.25) is 5.91 Å². The lowest BCUT2D eigenvalue weighted by Crippen LogP contribution is -2.50. The van der Waals surface area contributed by atoms with Crippen LogP contribution in [0.4, 0.5) is 4.79 Å². The number of fused-ring (bicyclic) bond motifs is 1. The smallest absolute Gasteiger partial charge is 0.410 e. The molecule has 0 radical (unpaired) electrons. The van der Waals surface area contributed by atoms with Crippen LogP contribution in [0.1, 0.15) is 45.5 Å². The van der Waals surface area contributed by atoms with Gasteiger partial charge in [-0.2, -0.15) is 5.10 Å². The van der Waals surface area contributed by atoms with Crippen LogP contribution in [0.25, 0.3) is 0 Å². The number of nitrogens with zero attached hydrogens (tertiary/aromatic N) is 4. The van der Waals surface area contributed by atoms with Crippen molar-refractivity contribution < 1.29 is 14.3 Å². The van der Waals surface area contributed by atoms with Gasteiger partial charge in [-0.3, -0.25) is 14.3 Å². The van der Waals surface area contributed by atoms with E-state index in [1.165, 1.54) is 9.47 Å². The molecule has 1 aromatic heterocycles. The molecule has 0 aromatic carbocycles. The van der Waals surface area contributed by atoms with E-state index in [1.54, 1.807) is 25.7 Å². The van der Waals surface area contributed by atoms with Gasteiger partial charge in [-0.15, -0.1) is 0 Å². The first kappa shape index (κ1) is 16.5. The van der Waals surface area contributed by atoms with E-state index in [0.29, 0.717) is 18.9 Å². The Morgan fingerprint density at radius 1 is 1.21 bits per heavy atom. The Balaban J connectivity index is 1.86. The summed E-state index contributed by atoms with van der Waals surface area (Å²) in [6, 6.07) is -0.759. The normalized spacial score (nSPS) is 20.9. The topological polar surface area (TPSA) is 101 Å². The molecular formula is C15H23N5O4. The summed E-state index contributed by atoms with van der Waals surface area (Å²) in [6.07, 6.45) is 1.41. The summed E-state index contributed by atoms with van der Waals surface area (Å²) in [6.45, 7) is 6.96. The Labute approximate surface area is 139 Å². The first-order chi connectivity index (χ1) is 11.3. The molecule has 1 atom stereocenters. The number of carbonyl (C=O) groups excluding carboxylic acids is 2. The maximum atomic E-state index is 12.8. The van der Waals surface area contributed by atoms with Crippen molar-refractivity contribution in [1.29, 1.82) is 0 Å². The number of hydrogen-bond donors (Lipinski definition) is 1. The van der Waals surface area contributed by atoms with Gasteiger partial charge in [-0.05, 0) is 33.6 Å². The molecule has 1 saturated heterocycles. The Morgan fingerprint density at radius 2 is 1.88 bits per heavy atom. The molecule has 1 N–H and O–H groups in total. The van der Waals surface area contributed by atoms with E-state index in [4.69, 9.17) is 4.74 Å². The van der Waals surface area contributed by atoms with Gasteiger partial charge in [0.15, 0.2) is 5.82 Å². The molecule has 24 heavy (non-hydrogen) atoms. The highest BCUT2D eigenvalue weighted by atomic mass is 16.6. The summed E-state index contributed by atoms with van der Waals surface area (Å²) in [4.78, 5) is 40.4. The molecule has 3 heterocycles. The third-order valence-electron chi connectivity index (χ3n) is 4.17. The van der Waals surface area contributed by atoms with E-state index < -0.39 is 23.4 Å². The fourth-order valence-corrected chi connectivity index (χ4v) is 3.10. The van der Waals surface area contributed by atoms with Gasteiger partial charge in [0.1, 0.15) is 11.6 Å². The number of carbonyl (C=O) groups is 2. The molecule has 9 heteroatoms. The SMILES string of the molecule is CC(C)(C)OC(=O)N1Cc2n[nH]c(=O)n2[C@@H](C(=O)N2CCCC2)C1. The zero-order chi connectivity index (χ0) is 17.5. The van der Waals surface area contributed by atoms with E-state index >= 15 is 0 Å². The molecular weight excluding hydrogens is 314 g/mol. The zero-order valence-corrected chi connectivity index (χ0v) is 14.2. The standard InChI is InChI=1S/C15H23N5O4/c1-15(2,3)24-14(23)19-8-10(12(21)18-6-4-5-7-18)20-11(9-19)16-17-13(20)22/h10H,4-9H2,1-3H3,(H,17,22)/t10-/m1/s1. The van der Waals surface area contributed by atoms with Crippen LogP contribution in [0.2, 0.25) is 0 Å². The number of rotatable bonds is 1. The molecule has 0 spiro atoms. The predicted molar refractivity (Wildman–Crippen MR) is 84.3 cm³/mol. The van der Waals surface area contributed by atoms with Crippen molar-refractivity contribution in [1.82, 2.24) is 24.6 Å². The van der Waals surface area contributed by atoms with Crippen molar-refractivity contribution in [3.63, 3.8) is 0 Å². The second kappa shape index (κ2) is 5.95. The molecule has 2 aliphatic rings. The zero-order valence-electron chi connectivity index (χ0n) is 14.2. The van der Waals surface area contributed by atoms with Crippen LogP contribution in [-0.2, 0) is 16.1 Å². The molecule has 2 aliphatic heterocycles. The maximum absolute atomic E-state index is 12.8. The predicted octanol–water partition coefficient (Wildman–Crippen LogP) is 0.486. The van der Waals surface area contributed by atoms with Gasteiger partial charge in [0.25, 0.3) is 0 Å². The fourth-order valence-electron chi connectivity index (χ4n) is 3.10. The van der Waals surface area contributed by atoms with E-state index in [1.807, 2.05) is 0 Å². The molecule has 0 saturated carbocycles. The number of aromatic amines is 1. The quantitative estimate of drug-likeness (QED) is 0.803. The van der Waals surface area contributed by atoms with Crippen LogP contribution in [0.15, 0.2) is 4.79 Å². The molecule has 2 amide bonds. The van der Waals surface area contributed by atoms with Gasteiger partial charge < -0.3 is 9.64 Å². The minimum Gasteiger partial charge on any atom is -0.444 e. The number of likely N-dealkylation sites (tertiary alicyclic amines) is 1. The number of hydrogen-bond acceptors (Lipinski definition) is 5. The summed E-state index contributed by atoms with van der Waals surface area (Å²) >= 11 is 0. The molecule has 132 valence electrons. The van der Waals surface area contributed by atoms with Crippen LogP contribution >= 0.6 is 0 Å². The molecule has 1 fully saturated rings. The Kier molecular flexibility index (Phi) is 4.10. The molecule has 9 nitrogen and oxygen atoms in total. The Hall–Kier alpha value is -2.32. The van der Waals surface area contributed by atoms with Crippen molar-refractivity contribution in [3.8, 4) is 0 Å². The lowest BCUT2D eigenvalue weighted by Gasteiger charge is -2.35. The minimum atomic E-state index is -0.759. The Bertz CT molecular complexity index is 695. The van der Waals surface area contributed by atoms with Gasteiger partial charge >= 0.3 is 11.8 Å². The summed E-state index contributed by atoms with van der Waals surface area (Å²) in [5.41, 5.74) is -1.06. The first-order valence-corrected chi connectivity index (χ1v) is 8.19. The number of aromatic nitrogens is 3. The van der Waals surface area contributed by atoms with Gasteiger partial charge in [0.05, 0.1) is 13.1 Å². The number of H-pyrrole nitrogens is 1. The van der Waals surface area contributed by atoms with Gasteiger partial charge in [-0.25, -0.2) is 14.7 Å². The molecule has 3 rings (SSSR count). The number of ether oxygens (including phenoxy) is 1. The van der Waals surface area contributed by atoms with Crippen LogP contribution in [0.3, 0.4) is 0 Å². The first-order valence-electron chi connectivity index (χ1n) is 8.19. The van der Waals surface area contributed by atoms with Crippen LogP contribution in [-0.4, -0.2) is 61.8 Å². The molecule has 0 bridgehead atoms. The largest absolute Gasteiger partial charge is 0.444 e. The molecule has 1 aromatic rings. The van der Waals surface area contributed by atoms with Crippen molar-refractivity contribution >= 4 is 12.0 Å². The summed E-state index contributed by atoms with van der Waals surface area (Å²) in [5, 5.41) is 6.32. The van der Waals surface area contributed by atoms with Gasteiger partial charge in [-0.1, -0.05) is 0 Å². The second-order valence-electron chi connectivity index (χ2n) is 7.22. The van der Waals surface area contributed by atoms with Crippen molar-refractivity contribution in [2.45, 2.75) is 51.8 Å². The van der Waals surface area contributed by atoms with Crippen molar-refractivity contribution in [2.75, 3.05) is 19.6 Å². The summed E-state index contributed by atoms with van der Waals surface area (Å²) < 4.78 is 6.75. The van der Waals surface area contributed by atoms with Crippen molar-refractivity contribution in [2.24, 2.45) is 0 Å². The van der Waals surface area contributed by atoms with Crippen LogP contribution < -0.4 is 5.69 Å².